The summed E-state index contributed by atoms with van der Waals surface area (Å²) >= 11 is 4.50. The van der Waals surface area contributed by atoms with E-state index in [9.17, 15) is 14.0 Å². The Bertz CT molecular complexity index is 778. The van der Waals surface area contributed by atoms with Crippen LogP contribution in [0.5, 0.6) is 0 Å². The van der Waals surface area contributed by atoms with Crippen molar-refractivity contribution in [1.82, 2.24) is 4.90 Å². The normalized spacial score (nSPS) is 19.7. The van der Waals surface area contributed by atoms with Crippen molar-refractivity contribution < 1.29 is 23.8 Å². The number of cyclic esters (lactones) is 1. The Morgan fingerprint density at radius 3 is 2.74 bits per heavy atom. The van der Waals surface area contributed by atoms with Crippen LogP contribution in [0.25, 0.3) is 0 Å². The zero-order valence-electron chi connectivity index (χ0n) is 14.5. The number of aliphatic imine (C=N–C) groups is 1. The number of ether oxygens (including phenoxy) is 1. The lowest BCUT2D eigenvalue weighted by Crippen LogP contribution is -2.49. The van der Waals surface area contributed by atoms with Gasteiger partial charge in [-0.1, -0.05) is 0 Å². The topological polar surface area (TPSA) is 85.7 Å². The fourth-order valence-corrected chi connectivity index (χ4v) is 3.26. The van der Waals surface area contributed by atoms with Crippen molar-refractivity contribution in [1.29, 1.82) is 0 Å². The summed E-state index contributed by atoms with van der Waals surface area (Å²) in [6.07, 6.45) is -0.990. The fourth-order valence-electron chi connectivity index (χ4n) is 3.18. The molecule has 0 aliphatic carbocycles. The van der Waals surface area contributed by atoms with Crippen LogP contribution >= 0.6 is 12.2 Å². The standard InChI is InChI=1S/C17H19FN4O4S/c18-14-7-12(22-9-13(8-19-11-27)26-17(22)25)1-2-15(14)20-3-5-21(6-4-20)16(24)10-23/h1-2,7,13,23H,3-6,8-10H2/t13-/m0/s1. The molecule has 2 saturated heterocycles. The van der Waals surface area contributed by atoms with Crippen molar-refractivity contribution in [2.75, 3.05) is 55.7 Å². The van der Waals surface area contributed by atoms with Gasteiger partial charge in [-0.3, -0.25) is 9.69 Å². The number of aliphatic hydroxyl groups is 1. The predicted octanol–water partition coefficient (Wildman–Crippen LogP) is 0.895. The van der Waals surface area contributed by atoms with E-state index in [2.05, 4.69) is 22.4 Å². The number of thiocarbonyl (C=S) groups is 1. The van der Waals surface area contributed by atoms with E-state index in [0.29, 0.717) is 37.6 Å². The minimum absolute atomic E-state index is 0.225. The minimum atomic E-state index is -0.553. The van der Waals surface area contributed by atoms with E-state index >= 15 is 0 Å². The highest BCUT2D eigenvalue weighted by molar-refractivity contribution is 7.78. The minimum Gasteiger partial charge on any atom is -0.442 e. The molecule has 144 valence electrons. The van der Waals surface area contributed by atoms with Crippen molar-refractivity contribution in [3.8, 4) is 0 Å². The zero-order valence-corrected chi connectivity index (χ0v) is 15.3. The first-order valence-electron chi connectivity index (χ1n) is 8.48. The molecule has 0 unspecified atom stereocenters. The Morgan fingerprint density at radius 1 is 1.37 bits per heavy atom. The summed E-state index contributed by atoms with van der Waals surface area (Å²) in [5.74, 6) is -0.784. The number of isothiocyanates is 1. The number of anilines is 2. The molecule has 10 heteroatoms. The van der Waals surface area contributed by atoms with Crippen LogP contribution in [0.4, 0.5) is 20.6 Å². The summed E-state index contributed by atoms with van der Waals surface area (Å²) in [5, 5.41) is 11.1. The number of benzene rings is 1. The highest BCUT2D eigenvalue weighted by atomic mass is 32.1. The molecule has 3 rings (SSSR count). The van der Waals surface area contributed by atoms with Crippen LogP contribution in [0.15, 0.2) is 23.2 Å². The molecule has 2 aliphatic rings. The summed E-state index contributed by atoms with van der Waals surface area (Å²) in [5.41, 5.74) is 0.813. The molecule has 0 bridgehead atoms. The highest BCUT2D eigenvalue weighted by Gasteiger charge is 2.33. The van der Waals surface area contributed by atoms with Crippen LogP contribution in [0.2, 0.25) is 0 Å². The number of rotatable bonds is 5. The maximum Gasteiger partial charge on any atom is 0.414 e. The third-order valence-corrected chi connectivity index (χ3v) is 4.71. The molecular formula is C17H19FN4O4S. The average molecular weight is 394 g/mol. The summed E-state index contributed by atoms with van der Waals surface area (Å²) in [4.78, 5) is 32.0. The second-order valence-corrected chi connectivity index (χ2v) is 6.39. The Hall–Kier alpha value is -2.55. The van der Waals surface area contributed by atoms with E-state index in [1.54, 1.807) is 17.0 Å². The van der Waals surface area contributed by atoms with Gasteiger partial charge < -0.3 is 19.6 Å². The fraction of sp³-hybridized carbons (Fsp3) is 0.471. The number of hydrogen-bond acceptors (Lipinski definition) is 7. The Kier molecular flexibility index (Phi) is 6.00. The monoisotopic (exact) mass is 394 g/mol. The SMILES string of the molecule is O=C(CO)N1CCN(c2ccc(N3C[C@H](CN=C=S)OC3=O)cc2F)CC1. The number of piperazine rings is 1. The zero-order chi connectivity index (χ0) is 19.4. The van der Waals surface area contributed by atoms with Crippen molar-refractivity contribution in [3.05, 3.63) is 24.0 Å². The number of carbonyl (C=O) groups excluding carboxylic acids is 2. The van der Waals surface area contributed by atoms with Crippen LogP contribution in [0.3, 0.4) is 0 Å². The van der Waals surface area contributed by atoms with E-state index in [4.69, 9.17) is 9.84 Å². The Morgan fingerprint density at radius 2 is 2.11 bits per heavy atom. The molecule has 2 amide bonds. The first-order valence-corrected chi connectivity index (χ1v) is 8.89. The van der Waals surface area contributed by atoms with E-state index in [1.807, 2.05) is 4.90 Å². The van der Waals surface area contributed by atoms with Gasteiger partial charge in [0.25, 0.3) is 0 Å². The van der Waals surface area contributed by atoms with Crippen LogP contribution < -0.4 is 9.80 Å². The highest BCUT2D eigenvalue weighted by Crippen LogP contribution is 2.28. The summed E-state index contributed by atoms with van der Waals surface area (Å²) < 4.78 is 19.8. The van der Waals surface area contributed by atoms with Gasteiger partial charge in [-0.25, -0.2) is 14.2 Å². The average Bonchev–Trinajstić information content (AvgIpc) is 3.06. The van der Waals surface area contributed by atoms with Crippen LogP contribution in [-0.4, -0.2) is 79.1 Å². The molecular weight excluding hydrogens is 375 g/mol. The molecule has 0 radical (unpaired) electrons. The third kappa shape index (κ3) is 4.24. The molecule has 1 N–H and O–H groups in total. The van der Waals surface area contributed by atoms with Crippen molar-refractivity contribution in [3.63, 3.8) is 0 Å². The van der Waals surface area contributed by atoms with Crippen molar-refractivity contribution in [2.24, 2.45) is 4.99 Å². The first kappa shape index (κ1) is 19.2. The molecule has 2 fully saturated rings. The van der Waals surface area contributed by atoms with Gasteiger partial charge in [0.2, 0.25) is 5.91 Å². The summed E-state index contributed by atoms with van der Waals surface area (Å²) in [6, 6.07) is 4.58. The lowest BCUT2D eigenvalue weighted by atomic mass is 10.2. The molecule has 0 spiro atoms. The summed E-state index contributed by atoms with van der Waals surface area (Å²) in [7, 11) is 0. The molecule has 27 heavy (non-hydrogen) atoms. The van der Waals surface area contributed by atoms with Gasteiger partial charge in [0.05, 0.1) is 29.6 Å². The number of nitrogens with zero attached hydrogens (tertiary/aromatic N) is 4. The Labute approximate surface area is 160 Å². The lowest BCUT2D eigenvalue weighted by molar-refractivity contribution is -0.134. The molecule has 1 aromatic carbocycles. The molecule has 8 nitrogen and oxygen atoms in total. The van der Waals surface area contributed by atoms with Crippen molar-refractivity contribution in [2.45, 2.75) is 6.10 Å². The van der Waals surface area contributed by atoms with Crippen LogP contribution in [0, 0.1) is 5.82 Å². The number of halogens is 1. The van der Waals surface area contributed by atoms with Crippen molar-refractivity contribution >= 4 is 40.8 Å². The maximum atomic E-state index is 14.7. The first-order chi connectivity index (χ1) is 13.0. The number of hydrogen-bond donors (Lipinski definition) is 1. The van der Waals surface area contributed by atoms with Crippen LogP contribution in [-0.2, 0) is 9.53 Å². The quantitative estimate of drug-likeness (QED) is 0.590. The smallest absolute Gasteiger partial charge is 0.414 e. The predicted molar refractivity (Wildman–Crippen MR) is 99.8 cm³/mol. The van der Waals surface area contributed by atoms with Gasteiger partial charge in [-0.2, -0.15) is 0 Å². The molecule has 2 heterocycles. The number of amides is 2. The van der Waals surface area contributed by atoms with Gasteiger partial charge >= 0.3 is 6.09 Å². The van der Waals surface area contributed by atoms with Gasteiger partial charge in [0, 0.05) is 26.2 Å². The number of carbonyl (C=O) groups is 2. The van der Waals surface area contributed by atoms with E-state index < -0.39 is 24.6 Å². The molecule has 1 atom stereocenters. The van der Waals surface area contributed by atoms with Gasteiger partial charge in [-0.05, 0) is 30.4 Å². The maximum absolute atomic E-state index is 14.7. The molecule has 0 saturated carbocycles. The number of aliphatic hydroxyl groups excluding tert-OH is 1. The van der Waals surface area contributed by atoms with Gasteiger partial charge in [-0.15, -0.1) is 0 Å². The molecule has 1 aromatic rings. The second-order valence-electron chi connectivity index (χ2n) is 6.21. The second kappa shape index (κ2) is 8.43. The Balaban J connectivity index is 1.67. The third-order valence-electron chi connectivity index (χ3n) is 4.58. The lowest BCUT2D eigenvalue weighted by Gasteiger charge is -2.36. The largest absolute Gasteiger partial charge is 0.442 e. The molecule has 0 aromatic heterocycles. The summed E-state index contributed by atoms with van der Waals surface area (Å²) in [6.45, 7) is 1.73. The van der Waals surface area contributed by atoms with E-state index in [0.717, 1.165) is 0 Å². The van der Waals surface area contributed by atoms with E-state index in [1.165, 1.54) is 11.0 Å². The van der Waals surface area contributed by atoms with Gasteiger partial charge in [0.15, 0.2) is 0 Å². The van der Waals surface area contributed by atoms with Crippen LogP contribution in [0.1, 0.15) is 0 Å². The van der Waals surface area contributed by atoms with E-state index in [-0.39, 0.29) is 19.0 Å². The molecule has 2 aliphatic heterocycles. The van der Waals surface area contributed by atoms with Gasteiger partial charge in [0.1, 0.15) is 18.5 Å².